The van der Waals surface area contributed by atoms with Crippen molar-refractivity contribution < 1.29 is 18.1 Å². The van der Waals surface area contributed by atoms with Crippen LogP contribution in [0.3, 0.4) is 0 Å². The molecule has 0 radical (unpaired) electrons. The Balaban J connectivity index is 2.12. The molecule has 1 aromatic heterocycles. The van der Waals surface area contributed by atoms with E-state index in [0.29, 0.717) is 17.7 Å². The molecule has 3 rings (SSSR count). The zero-order valence-corrected chi connectivity index (χ0v) is 18.0. The molecule has 0 aliphatic heterocycles. The minimum absolute atomic E-state index is 0.0264. The summed E-state index contributed by atoms with van der Waals surface area (Å²) in [7, 11) is 0. The van der Waals surface area contributed by atoms with Gasteiger partial charge in [0, 0.05) is 18.3 Å². The maximum Gasteiger partial charge on any atom is 0.416 e. The van der Waals surface area contributed by atoms with Gasteiger partial charge in [-0.05, 0) is 45.8 Å². The SMILES string of the molecule is N#Cc1nn(-c2c(Cl)cc(C(F)(F)F)cc2Cl)c(/N=C/c2ccc([N+](=O)[O-])cc2)c1Br. The summed E-state index contributed by atoms with van der Waals surface area (Å²) in [5.41, 5.74) is -0.891. The number of benzene rings is 2. The van der Waals surface area contributed by atoms with Crippen LogP contribution in [0.15, 0.2) is 45.9 Å². The summed E-state index contributed by atoms with van der Waals surface area (Å²) in [6.45, 7) is 0. The van der Waals surface area contributed by atoms with Gasteiger partial charge in [-0.3, -0.25) is 10.1 Å². The third-order valence-electron chi connectivity index (χ3n) is 3.91. The Hall–Kier alpha value is -2.94. The highest BCUT2D eigenvalue weighted by Crippen LogP contribution is 2.40. The monoisotopic (exact) mass is 531 g/mol. The van der Waals surface area contributed by atoms with Gasteiger partial charge in [0.2, 0.25) is 0 Å². The number of nitriles is 1. The number of halogens is 6. The van der Waals surface area contributed by atoms with Crippen LogP contribution in [-0.2, 0) is 6.18 Å². The molecule has 2 aromatic carbocycles. The van der Waals surface area contributed by atoms with Crippen molar-refractivity contribution in [2.24, 2.45) is 4.99 Å². The smallest absolute Gasteiger partial charge is 0.258 e. The molecule has 13 heteroatoms. The quantitative estimate of drug-likeness (QED) is 0.218. The summed E-state index contributed by atoms with van der Waals surface area (Å²) in [4.78, 5) is 14.4. The van der Waals surface area contributed by atoms with Crippen molar-refractivity contribution in [2.75, 3.05) is 0 Å². The third kappa shape index (κ3) is 4.71. The molecule has 0 unspecified atom stereocenters. The molecule has 0 bridgehead atoms. The maximum atomic E-state index is 13.0. The minimum atomic E-state index is -4.66. The van der Waals surface area contributed by atoms with E-state index in [0.717, 1.165) is 4.68 Å². The Morgan fingerprint density at radius 1 is 1.23 bits per heavy atom. The fourth-order valence-corrected chi connectivity index (χ4v) is 3.56. The molecule has 31 heavy (non-hydrogen) atoms. The summed E-state index contributed by atoms with van der Waals surface area (Å²) < 4.78 is 40.2. The van der Waals surface area contributed by atoms with Crippen molar-refractivity contribution in [1.82, 2.24) is 9.78 Å². The first-order valence-corrected chi connectivity index (χ1v) is 9.61. The van der Waals surface area contributed by atoms with Gasteiger partial charge in [-0.2, -0.15) is 23.5 Å². The average Bonchev–Trinajstić information content (AvgIpc) is 3.00. The van der Waals surface area contributed by atoms with Crippen LogP contribution in [0.1, 0.15) is 16.8 Å². The van der Waals surface area contributed by atoms with Gasteiger partial charge in [0.15, 0.2) is 11.5 Å². The number of aliphatic imine (C=N–C) groups is 1. The molecule has 0 saturated carbocycles. The normalized spacial score (nSPS) is 11.6. The summed E-state index contributed by atoms with van der Waals surface area (Å²) in [6, 6.07) is 8.64. The number of nitrogens with zero attached hydrogens (tertiary/aromatic N) is 5. The van der Waals surface area contributed by atoms with Gasteiger partial charge in [0.25, 0.3) is 5.69 Å². The first kappa shape index (κ1) is 22.7. The lowest BCUT2D eigenvalue weighted by Crippen LogP contribution is -2.07. The van der Waals surface area contributed by atoms with Crippen LogP contribution in [0.25, 0.3) is 5.69 Å². The minimum Gasteiger partial charge on any atom is -0.258 e. The van der Waals surface area contributed by atoms with Gasteiger partial charge in [-0.1, -0.05) is 23.2 Å². The van der Waals surface area contributed by atoms with Gasteiger partial charge in [-0.25, -0.2) is 9.67 Å². The Labute approximate surface area is 190 Å². The van der Waals surface area contributed by atoms with E-state index in [1.54, 1.807) is 0 Å². The number of alkyl halides is 3. The molecule has 1 heterocycles. The van der Waals surface area contributed by atoms with Gasteiger partial charge in [0.1, 0.15) is 16.2 Å². The second kappa shape index (κ2) is 8.66. The van der Waals surface area contributed by atoms with E-state index in [1.807, 2.05) is 6.07 Å². The van der Waals surface area contributed by atoms with Crippen LogP contribution in [-0.4, -0.2) is 20.9 Å². The van der Waals surface area contributed by atoms with Crippen LogP contribution < -0.4 is 0 Å². The van der Waals surface area contributed by atoms with E-state index < -0.39 is 16.7 Å². The number of hydrogen-bond donors (Lipinski definition) is 0. The number of nitro benzene ring substituents is 1. The Morgan fingerprint density at radius 3 is 2.29 bits per heavy atom. The highest BCUT2D eigenvalue weighted by molar-refractivity contribution is 9.10. The summed E-state index contributed by atoms with van der Waals surface area (Å²) in [6.07, 6.45) is -3.33. The first-order valence-electron chi connectivity index (χ1n) is 8.06. The molecule has 0 aliphatic rings. The zero-order valence-electron chi connectivity index (χ0n) is 14.9. The number of hydrogen-bond acceptors (Lipinski definition) is 5. The summed E-state index contributed by atoms with van der Waals surface area (Å²) in [5.74, 6) is 0.0264. The third-order valence-corrected chi connectivity index (χ3v) is 5.21. The second-order valence-corrected chi connectivity index (χ2v) is 7.51. The largest absolute Gasteiger partial charge is 0.416 e. The van der Waals surface area contributed by atoms with Crippen LogP contribution in [0.4, 0.5) is 24.7 Å². The number of non-ortho nitro benzene ring substituents is 1. The van der Waals surface area contributed by atoms with E-state index in [-0.39, 0.29) is 37.4 Å². The maximum absolute atomic E-state index is 13.0. The fourth-order valence-electron chi connectivity index (χ4n) is 2.48. The lowest BCUT2D eigenvalue weighted by atomic mass is 10.2. The Morgan fingerprint density at radius 2 is 1.81 bits per heavy atom. The zero-order chi connectivity index (χ0) is 22.9. The van der Waals surface area contributed by atoms with Crippen molar-refractivity contribution in [3.63, 3.8) is 0 Å². The molecule has 0 saturated heterocycles. The van der Waals surface area contributed by atoms with E-state index in [4.69, 9.17) is 23.2 Å². The van der Waals surface area contributed by atoms with Gasteiger partial charge in [0.05, 0.1) is 20.5 Å². The molecule has 0 spiro atoms. The predicted octanol–water partition coefficient (Wildman–Crippen LogP) is 6.49. The van der Waals surface area contributed by atoms with E-state index >= 15 is 0 Å². The molecule has 0 amide bonds. The highest BCUT2D eigenvalue weighted by Gasteiger charge is 2.33. The van der Waals surface area contributed by atoms with Crippen molar-refractivity contribution in [2.45, 2.75) is 6.18 Å². The van der Waals surface area contributed by atoms with E-state index in [9.17, 15) is 28.5 Å². The molecule has 0 aliphatic carbocycles. The first-order chi connectivity index (χ1) is 14.5. The molecule has 0 fully saturated rings. The highest BCUT2D eigenvalue weighted by atomic mass is 79.9. The van der Waals surface area contributed by atoms with Crippen molar-refractivity contribution >= 4 is 56.9 Å². The molecule has 3 aromatic rings. The number of rotatable bonds is 4. The average molecular weight is 533 g/mol. The van der Waals surface area contributed by atoms with E-state index in [1.165, 1.54) is 30.5 Å². The standard InChI is InChI=1S/C18H7BrCl2F3N5O2/c19-15-14(7-25)27-28(16-12(20)5-10(6-13(16)21)18(22,23)24)17(15)26-8-9-1-3-11(4-2-9)29(30)31/h1-6,8H/b26-8+. The van der Waals surface area contributed by atoms with E-state index in [2.05, 4.69) is 26.0 Å². The van der Waals surface area contributed by atoms with Gasteiger partial charge >= 0.3 is 6.18 Å². The second-order valence-electron chi connectivity index (χ2n) is 5.90. The number of nitro groups is 1. The summed E-state index contributed by atoms with van der Waals surface area (Å²) >= 11 is 15.3. The van der Waals surface area contributed by atoms with Crippen LogP contribution >= 0.6 is 39.1 Å². The van der Waals surface area contributed by atoms with Gasteiger partial charge in [-0.15, -0.1) is 0 Å². The van der Waals surface area contributed by atoms with Crippen molar-refractivity contribution in [3.05, 3.63) is 77.9 Å². The van der Waals surface area contributed by atoms with Crippen LogP contribution in [0, 0.1) is 21.4 Å². The lowest BCUT2D eigenvalue weighted by Gasteiger charge is -2.13. The molecular weight excluding hydrogens is 526 g/mol. The topological polar surface area (TPSA) is 97.1 Å². The number of aromatic nitrogens is 2. The Bertz CT molecular complexity index is 1230. The molecule has 7 nitrogen and oxygen atoms in total. The molecule has 0 N–H and O–H groups in total. The van der Waals surface area contributed by atoms with Crippen molar-refractivity contribution in [3.8, 4) is 11.8 Å². The van der Waals surface area contributed by atoms with Crippen LogP contribution in [0.5, 0.6) is 0 Å². The molecular formula is C18H7BrCl2F3N5O2. The fraction of sp³-hybridized carbons (Fsp3) is 0.0556. The summed E-state index contributed by atoms with van der Waals surface area (Å²) in [5, 5.41) is 23.3. The van der Waals surface area contributed by atoms with Crippen LogP contribution in [0.2, 0.25) is 10.0 Å². The molecule has 0 atom stereocenters. The van der Waals surface area contributed by atoms with Gasteiger partial charge < -0.3 is 0 Å². The Kier molecular flexibility index (Phi) is 6.35. The van der Waals surface area contributed by atoms with Crippen molar-refractivity contribution in [1.29, 1.82) is 5.26 Å². The predicted molar refractivity (Wildman–Crippen MR) is 111 cm³/mol. The lowest BCUT2D eigenvalue weighted by molar-refractivity contribution is -0.384. The molecule has 158 valence electrons.